The first kappa shape index (κ1) is 20.2. The third kappa shape index (κ3) is 2.90. The normalized spacial score (nSPS) is 23.4. The number of aromatic amines is 1. The number of carbonyl (C=O) groups is 2. The fourth-order valence-corrected chi connectivity index (χ4v) is 5.38. The van der Waals surface area contributed by atoms with Crippen molar-refractivity contribution in [3.63, 3.8) is 0 Å². The summed E-state index contributed by atoms with van der Waals surface area (Å²) in [5, 5.41) is 3.70. The van der Waals surface area contributed by atoms with E-state index in [1.807, 2.05) is 35.4 Å². The summed E-state index contributed by atoms with van der Waals surface area (Å²) in [4.78, 5) is 44.1. The Morgan fingerprint density at radius 1 is 1.27 bits per heavy atom. The van der Waals surface area contributed by atoms with Gasteiger partial charge in [-0.25, -0.2) is 0 Å². The molecule has 2 N–H and O–H groups in total. The molecule has 2 aromatic heterocycles. The average Bonchev–Trinajstić information content (AvgIpc) is 3.71. The largest absolute Gasteiger partial charge is 0.383 e. The van der Waals surface area contributed by atoms with Gasteiger partial charge >= 0.3 is 0 Å². The van der Waals surface area contributed by atoms with E-state index in [1.54, 1.807) is 20.2 Å². The first-order valence-corrected chi connectivity index (χ1v) is 11.4. The molecule has 6 rings (SSSR count). The van der Waals surface area contributed by atoms with Crippen LogP contribution in [-0.4, -0.2) is 47.7 Å². The summed E-state index contributed by atoms with van der Waals surface area (Å²) in [7, 11) is 3.34. The highest BCUT2D eigenvalue weighted by atomic mass is 16.5. The van der Waals surface area contributed by atoms with Gasteiger partial charge in [0.1, 0.15) is 11.2 Å². The maximum absolute atomic E-state index is 13.7. The molecule has 2 atom stereocenters. The van der Waals surface area contributed by atoms with E-state index in [4.69, 9.17) is 4.74 Å². The Hall–Kier alpha value is -3.39. The fourth-order valence-electron chi connectivity index (χ4n) is 5.38. The summed E-state index contributed by atoms with van der Waals surface area (Å²) >= 11 is 0. The second-order valence-electron chi connectivity index (χ2n) is 9.41. The van der Waals surface area contributed by atoms with Crippen LogP contribution < -0.4 is 15.8 Å². The summed E-state index contributed by atoms with van der Waals surface area (Å²) in [6, 6.07) is 9.93. The molecule has 1 aromatic carbocycles. The molecule has 0 bridgehead atoms. The van der Waals surface area contributed by atoms with Crippen molar-refractivity contribution < 1.29 is 14.3 Å². The van der Waals surface area contributed by atoms with E-state index in [0.717, 1.165) is 35.0 Å². The molecule has 0 unspecified atom stereocenters. The number of hydrogen-bond donors (Lipinski definition) is 2. The molecule has 1 aliphatic heterocycles. The fraction of sp³-hybridized carbons (Fsp3) is 0.400. The van der Waals surface area contributed by atoms with Crippen molar-refractivity contribution in [2.45, 2.75) is 36.6 Å². The summed E-state index contributed by atoms with van der Waals surface area (Å²) in [6.45, 7) is 0.960. The number of nitrogens with one attached hydrogen (secondary N) is 2. The Bertz CT molecular complexity index is 1370. The molecule has 2 fully saturated rings. The topological polar surface area (TPSA) is 96.4 Å². The molecule has 3 aromatic rings. The van der Waals surface area contributed by atoms with Gasteiger partial charge in [0.05, 0.1) is 12.0 Å². The molecular formula is C25H26N4O4. The smallest absolute Gasteiger partial charge is 0.274 e. The van der Waals surface area contributed by atoms with Gasteiger partial charge in [-0.2, -0.15) is 0 Å². The van der Waals surface area contributed by atoms with Crippen LogP contribution in [0.4, 0.5) is 5.69 Å². The van der Waals surface area contributed by atoms with Gasteiger partial charge < -0.3 is 24.5 Å². The molecule has 33 heavy (non-hydrogen) atoms. The molecule has 8 heteroatoms. The number of hydrogen-bond acceptors (Lipinski definition) is 4. The van der Waals surface area contributed by atoms with Gasteiger partial charge in [-0.15, -0.1) is 0 Å². The van der Waals surface area contributed by atoms with Crippen LogP contribution in [0, 0.1) is 0 Å². The number of benzene rings is 1. The first-order valence-electron chi connectivity index (χ1n) is 11.4. The van der Waals surface area contributed by atoms with Crippen LogP contribution in [-0.2, 0) is 22.0 Å². The van der Waals surface area contributed by atoms with Gasteiger partial charge in [0.2, 0.25) is 5.91 Å². The Labute approximate surface area is 190 Å². The first-order chi connectivity index (χ1) is 16.0. The lowest BCUT2D eigenvalue weighted by Crippen LogP contribution is -2.35. The predicted molar refractivity (Wildman–Crippen MR) is 124 cm³/mol. The maximum Gasteiger partial charge on any atom is 0.274 e. The van der Waals surface area contributed by atoms with Gasteiger partial charge in [0, 0.05) is 49.9 Å². The molecule has 8 nitrogen and oxygen atoms in total. The van der Waals surface area contributed by atoms with E-state index in [9.17, 15) is 14.4 Å². The predicted octanol–water partition coefficient (Wildman–Crippen LogP) is 2.18. The molecule has 2 aliphatic carbocycles. The van der Waals surface area contributed by atoms with E-state index in [-0.39, 0.29) is 29.3 Å². The average molecular weight is 447 g/mol. The Morgan fingerprint density at radius 3 is 2.82 bits per heavy atom. The number of pyridine rings is 1. The Balaban J connectivity index is 1.44. The number of aryl methyl sites for hydroxylation is 1. The quantitative estimate of drug-likeness (QED) is 0.607. The number of carbonyl (C=O) groups excluding carboxylic acids is 2. The summed E-state index contributed by atoms with van der Waals surface area (Å²) in [5.41, 5.74) is 2.85. The van der Waals surface area contributed by atoms with Gasteiger partial charge in [-0.3, -0.25) is 14.4 Å². The highest BCUT2D eigenvalue weighted by Gasteiger charge is 2.67. The number of anilines is 1. The lowest BCUT2D eigenvalue weighted by Gasteiger charge is -2.17. The number of nitrogens with zero attached hydrogens (tertiary/aromatic N) is 2. The molecule has 0 radical (unpaired) electrons. The van der Waals surface area contributed by atoms with E-state index < -0.39 is 5.41 Å². The van der Waals surface area contributed by atoms with E-state index >= 15 is 0 Å². The van der Waals surface area contributed by atoms with E-state index in [2.05, 4.69) is 10.3 Å². The zero-order valence-corrected chi connectivity index (χ0v) is 18.7. The molecule has 2 saturated carbocycles. The van der Waals surface area contributed by atoms with Crippen molar-refractivity contribution in [2.75, 3.05) is 25.2 Å². The maximum atomic E-state index is 13.7. The van der Waals surface area contributed by atoms with E-state index in [0.29, 0.717) is 30.8 Å². The van der Waals surface area contributed by atoms with Gasteiger partial charge in [0.25, 0.3) is 11.5 Å². The highest BCUT2D eigenvalue weighted by molar-refractivity contribution is 6.12. The van der Waals surface area contributed by atoms with Crippen molar-refractivity contribution in [1.82, 2.24) is 14.9 Å². The van der Waals surface area contributed by atoms with Crippen molar-refractivity contribution in [3.8, 4) is 0 Å². The van der Waals surface area contributed by atoms with Gasteiger partial charge in [-0.05, 0) is 42.5 Å². The van der Waals surface area contributed by atoms with Crippen LogP contribution in [0.3, 0.4) is 0 Å². The molecule has 3 aliphatic rings. The number of ether oxygens (including phenoxy) is 1. The Kier molecular flexibility index (Phi) is 4.32. The molecule has 170 valence electrons. The van der Waals surface area contributed by atoms with Crippen molar-refractivity contribution in [1.29, 1.82) is 0 Å². The number of methoxy groups -OCH3 is 1. The monoisotopic (exact) mass is 446 g/mol. The van der Waals surface area contributed by atoms with Crippen LogP contribution in [0.2, 0.25) is 0 Å². The van der Waals surface area contributed by atoms with Crippen molar-refractivity contribution in [2.24, 2.45) is 7.05 Å². The lowest BCUT2D eigenvalue weighted by molar-refractivity contribution is -0.120. The zero-order valence-electron chi connectivity index (χ0n) is 18.7. The number of amides is 2. The number of fused-ring (bicyclic) bond motifs is 3. The zero-order chi connectivity index (χ0) is 22.9. The molecule has 1 spiro atoms. The minimum Gasteiger partial charge on any atom is -0.383 e. The Morgan fingerprint density at radius 2 is 2.06 bits per heavy atom. The molecule has 0 saturated heterocycles. The number of aromatic nitrogens is 2. The number of para-hydroxylation sites is 1. The second kappa shape index (κ2) is 7.05. The molecule has 2 amide bonds. The summed E-state index contributed by atoms with van der Waals surface area (Å²) in [5.74, 6) is -0.182. The standard InChI is InChI=1S/C25H26N4O4/c1-28-13-16(15-11-19(27-21(15)23(28)31)22(30)26-14-7-8-14)18-12-25(18)17-5-3-4-6-20(17)29(24(25)32)9-10-33-2/h3-6,11,13-14,18,27H,7-10,12H2,1-2H3,(H,26,30)/t18-,25-/m0/s1. The summed E-state index contributed by atoms with van der Waals surface area (Å²) < 4.78 is 6.78. The number of H-pyrrole nitrogens is 1. The van der Waals surface area contributed by atoms with Crippen LogP contribution >= 0.6 is 0 Å². The van der Waals surface area contributed by atoms with Gasteiger partial charge in [0.15, 0.2) is 0 Å². The van der Waals surface area contributed by atoms with Crippen LogP contribution in [0.5, 0.6) is 0 Å². The van der Waals surface area contributed by atoms with E-state index in [1.165, 1.54) is 4.57 Å². The second-order valence-corrected chi connectivity index (χ2v) is 9.41. The lowest BCUT2D eigenvalue weighted by atomic mass is 9.91. The third-order valence-corrected chi connectivity index (χ3v) is 7.31. The highest BCUT2D eigenvalue weighted by Crippen LogP contribution is 2.66. The minimum absolute atomic E-state index is 0.0665. The van der Waals surface area contributed by atoms with Crippen LogP contribution in [0.15, 0.2) is 41.3 Å². The minimum atomic E-state index is -0.637. The van der Waals surface area contributed by atoms with Crippen molar-refractivity contribution >= 4 is 28.4 Å². The third-order valence-electron chi connectivity index (χ3n) is 7.31. The molecular weight excluding hydrogens is 420 g/mol. The molecule has 3 heterocycles. The number of rotatable bonds is 6. The van der Waals surface area contributed by atoms with Crippen LogP contribution in [0.25, 0.3) is 10.9 Å². The van der Waals surface area contributed by atoms with Crippen LogP contribution in [0.1, 0.15) is 46.8 Å². The van der Waals surface area contributed by atoms with Crippen molar-refractivity contribution in [3.05, 3.63) is 63.7 Å². The van der Waals surface area contributed by atoms with Gasteiger partial charge in [-0.1, -0.05) is 18.2 Å². The SMILES string of the molecule is COCCN1C(=O)[C@@]2(C[C@H]2c2cn(C)c(=O)c3[nH]c(C(=O)NC4CC4)cc23)c2ccccc21. The summed E-state index contributed by atoms with van der Waals surface area (Å²) in [6.07, 6.45) is 4.48.